The molecule has 0 amide bonds. The highest BCUT2D eigenvalue weighted by Gasteiger charge is 2.23. The molecule has 2 unspecified atom stereocenters. The van der Waals surface area contributed by atoms with Gasteiger partial charge < -0.3 is 20.1 Å². The van der Waals surface area contributed by atoms with Crippen molar-refractivity contribution in [3.63, 3.8) is 0 Å². The van der Waals surface area contributed by atoms with Gasteiger partial charge in [-0.15, -0.1) is 24.0 Å². The van der Waals surface area contributed by atoms with E-state index in [-0.39, 0.29) is 24.0 Å². The molecule has 2 atom stereocenters. The van der Waals surface area contributed by atoms with E-state index in [1.54, 1.807) is 7.11 Å². The van der Waals surface area contributed by atoms with E-state index in [0.717, 1.165) is 51.0 Å². The van der Waals surface area contributed by atoms with Crippen molar-refractivity contribution >= 4 is 29.9 Å². The Balaban J connectivity index is 0.00000364. The smallest absolute Gasteiger partial charge is 0.191 e. The highest BCUT2D eigenvalue weighted by Crippen LogP contribution is 2.19. The fourth-order valence-electron chi connectivity index (χ4n) is 3.40. The number of benzene rings is 1. The Morgan fingerprint density at radius 3 is 2.85 bits per heavy atom. The number of halogens is 1. The van der Waals surface area contributed by atoms with Gasteiger partial charge in [-0.25, -0.2) is 0 Å². The SMILES string of the molecule is CN=C(NCCc1cc(C)ccc1OC)NCC(C)N1CCOCC1C.I. The fourth-order valence-corrected chi connectivity index (χ4v) is 3.40. The maximum Gasteiger partial charge on any atom is 0.191 e. The molecule has 0 aromatic heterocycles. The molecule has 2 N–H and O–H groups in total. The molecule has 1 fully saturated rings. The Kier molecular flexibility index (Phi) is 11.0. The van der Waals surface area contributed by atoms with Crippen molar-refractivity contribution in [3.8, 4) is 5.75 Å². The lowest BCUT2D eigenvalue weighted by atomic mass is 10.1. The van der Waals surface area contributed by atoms with E-state index in [1.807, 2.05) is 13.1 Å². The van der Waals surface area contributed by atoms with Crippen molar-refractivity contribution in [2.75, 3.05) is 47.0 Å². The number of morpholine rings is 1. The number of aliphatic imine (C=N–C) groups is 1. The minimum Gasteiger partial charge on any atom is -0.496 e. The second kappa shape index (κ2) is 12.4. The summed E-state index contributed by atoms with van der Waals surface area (Å²) in [5, 5.41) is 6.84. The summed E-state index contributed by atoms with van der Waals surface area (Å²) in [4.78, 5) is 6.82. The number of nitrogens with zero attached hydrogens (tertiary/aromatic N) is 2. The topological polar surface area (TPSA) is 58.1 Å². The van der Waals surface area contributed by atoms with Crippen LogP contribution in [0.2, 0.25) is 0 Å². The van der Waals surface area contributed by atoms with Gasteiger partial charge in [0.1, 0.15) is 5.75 Å². The van der Waals surface area contributed by atoms with Crippen LogP contribution in [0.15, 0.2) is 23.2 Å². The number of nitrogens with one attached hydrogen (secondary N) is 2. The Morgan fingerprint density at radius 2 is 2.19 bits per heavy atom. The first-order valence-electron chi connectivity index (χ1n) is 9.46. The maximum absolute atomic E-state index is 5.52. The van der Waals surface area contributed by atoms with E-state index in [0.29, 0.717) is 12.1 Å². The van der Waals surface area contributed by atoms with E-state index < -0.39 is 0 Å². The molecule has 2 rings (SSSR count). The van der Waals surface area contributed by atoms with Gasteiger partial charge >= 0.3 is 0 Å². The first-order valence-corrected chi connectivity index (χ1v) is 9.46. The van der Waals surface area contributed by atoms with Gasteiger partial charge in [0, 0.05) is 38.8 Å². The molecular weight excluding hydrogens is 455 g/mol. The van der Waals surface area contributed by atoms with Crippen LogP contribution in [0, 0.1) is 6.92 Å². The van der Waals surface area contributed by atoms with Gasteiger partial charge in [0.2, 0.25) is 0 Å². The van der Waals surface area contributed by atoms with E-state index >= 15 is 0 Å². The quantitative estimate of drug-likeness (QED) is 0.350. The van der Waals surface area contributed by atoms with Crippen LogP contribution in [-0.2, 0) is 11.2 Å². The highest BCUT2D eigenvalue weighted by atomic mass is 127. The number of rotatable bonds is 7. The average Bonchev–Trinajstić information content (AvgIpc) is 2.64. The molecule has 1 aliphatic rings. The molecule has 1 saturated heterocycles. The van der Waals surface area contributed by atoms with Crippen molar-refractivity contribution in [2.24, 2.45) is 4.99 Å². The standard InChI is InChI=1S/C20H34N4O2.HI/c1-15-6-7-19(25-5)18(12-15)8-9-22-20(21-4)23-13-16(2)24-10-11-26-14-17(24)3;/h6-7,12,16-17H,8-11,13-14H2,1-5H3,(H2,21,22,23);1H. The van der Waals surface area contributed by atoms with Crippen molar-refractivity contribution in [1.29, 1.82) is 0 Å². The number of aryl methyl sites for hydroxylation is 1. The summed E-state index contributed by atoms with van der Waals surface area (Å²) in [6.07, 6.45) is 0.890. The number of methoxy groups -OCH3 is 1. The van der Waals surface area contributed by atoms with Gasteiger partial charge in [0.05, 0.1) is 20.3 Å². The van der Waals surface area contributed by atoms with Crippen molar-refractivity contribution < 1.29 is 9.47 Å². The van der Waals surface area contributed by atoms with Crippen LogP contribution in [-0.4, -0.2) is 69.9 Å². The molecule has 0 radical (unpaired) electrons. The third-order valence-electron chi connectivity index (χ3n) is 4.90. The van der Waals surface area contributed by atoms with E-state index in [9.17, 15) is 0 Å². The van der Waals surface area contributed by atoms with Crippen molar-refractivity contribution in [3.05, 3.63) is 29.3 Å². The third-order valence-corrected chi connectivity index (χ3v) is 4.90. The van der Waals surface area contributed by atoms with Gasteiger partial charge in [-0.05, 0) is 38.8 Å². The minimum absolute atomic E-state index is 0. The van der Waals surface area contributed by atoms with Crippen LogP contribution in [0.25, 0.3) is 0 Å². The summed E-state index contributed by atoms with van der Waals surface area (Å²) >= 11 is 0. The zero-order chi connectivity index (χ0) is 18.9. The third kappa shape index (κ3) is 7.46. The van der Waals surface area contributed by atoms with Gasteiger partial charge in [-0.3, -0.25) is 9.89 Å². The second-order valence-corrected chi connectivity index (χ2v) is 6.96. The van der Waals surface area contributed by atoms with Crippen molar-refractivity contribution in [1.82, 2.24) is 15.5 Å². The molecule has 0 saturated carbocycles. The highest BCUT2D eigenvalue weighted by molar-refractivity contribution is 14.0. The Bertz CT molecular complexity index is 597. The van der Waals surface area contributed by atoms with Crippen LogP contribution in [0.1, 0.15) is 25.0 Å². The molecule has 0 bridgehead atoms. The van der Waals surface area contributed by atoms with Crippen LogP contribution >= 0.6 is 24.0 Å². The zero-order valence-corrected chi connectivity index (χ0v) is 19.6. The first kappa shape index (κ1) is 24.0. The summed E-state index contributed by atoms with van der Waals surface area (Å²) in [6.45, 7) is 10.9. The molecule has 1 heterocycles. The molecule has 0 spiro atoms. The molecule has 1 aliphatic heterocycles. The van der Waals surface area contributed by atoms with E-state index in [1.165, 1.54) is 11.1 Å². The molecule has 6 nitrogen and oxygen atoms in total. The van der Waals surface area contributed by atoms with Crippen molar-refractivity contribution in [2.45, 2.75) is 39.3 Å². The maximum atomic E-state index is 5.52. The van der Waals surface area contributed by atoms with E-state index in [2.05, 4.69) is 53.4 Å². The molecule has 27 heavy (non-hydrogen) atoms. The second-order valence-electron chi connectivity index (χ2n) is 6.96. The Labute approximate surface area is 181 Å². The number of hydrogen-bond acceptors (Lipinski definition) is 4. The van der Waals surface area contributed by atoms with Gasteiger partial charge in [-0.2, -0.15) is 0 Å². The lowest BCUT2D eigenvalue weighted by Gasteiger charge is -2.38. The number of ether oxygens (including phenoxy) is 2. The van der Waals surface area contributed by atoms with Gasteiger partial charge in [0.25, 0.3) is 0 Å². The van der Waals surface area contributed by atoms with Crippen LogP contribution < -0.4 is 15.4 Å². The number of guanidine groups is 1. The van der Waals surface area contributed by atoms with Crippen LogP contribution in [0.5, 0.6) is 5.75 Å². The molecule has 154 valence electrons. The summed E-state index contributed by atoms with van der Waals surface area (Å²) in [5.41, 5.74) is 2.46. The first-order chi connectivity index (χ1) is 12.5. The fraction of sp³-hybridized carbons (Fsp3) is 0.650. The normalized spacial score (nSPS) is 19.1. The predicted molar refractivity (Wildman–Crippen MR) is 123 cm³/mol. The Hall–Kier alpha value is -1.06. The molecule has 1 aromatic carbocycles. The average molecular weight is 490 g/mol. The summed E-state index contributed by atoms with van der Waals surface area (Å²) in [5.74, 6) is 1.78. The molecule has 0 aliphatic carbocycles. The summed E-state index contributed by atoms with van der Waals surface area (Å²) in [7, 11) is 3.53. The Morgan fingerprint density at radius 1 is 1.41 bits per heavy atom. The molecular formula is C20H35IN4O2. The summed E-state index contributed by atoms with van der Waals surface area (Å²) in [6, 6.07) is 7.18. The lowest BCUT2D eigenvalue weighted by molar-refractivity contribution is -0.0174. The minimum atomic E-state index is 0. The predicted octanol–water partition coefficient (Wildman–Crippen LogP) is 2.44. The summed E-state index contributed by atoms with van der Waals surface area (Å²) < 4.78 is 11.0. The molecule has 7 heteroatoms. The van der Waals surface area contributed by atoms with E-state index in [4.69, 9.17) is 9.47 Å². The van der Waals surface area contributed by atoms with Gasteiger partial charge in [0.15, 0.2) is 5.96 Å². The van der Waals surface area contributed by atoms with Gasteiger partial charge in [-0.1, -0.05) is 17.7 Å². The number of hydrogen-bond donors (Lipinski definition) is 2. The van der Waals surface area contributed by atoms with Crippen LogP contribution in [0.3, 0.4) is 0 Å². The largest absolute Gasteiger partial charge is 0.496 e. The monoisotopic (exact) mass is 490 g/mol. The van der Waals surface area contributed by atoms with Crippen LogP contribution in [0.4, 0.5) is 0 Å². The zero-order valence-electron chi connectivity index (χ0n) is 17.2. The molecule has 1 aromatic rings. The lowest BCUT2D eigenvalue weighted by Crippen LogP contribution is -2.53.